The zero-order valence-electron chi connectivity index (χ0n) is 10.1. The highest BCUT2D eigenvalue weighted by atomic mass is 35.5. The van der Waals surface area contributed by atoms with Gasteiger partial charge in [-0.15, -0.1) is 11.8 Å². The summed E-state index contributed by atoms with van der Waals surface area (Å²) in [5.74, 6) is 0.663. The molecule has 0 aliphatic rings. The Morgan fingerprint density at radius 3 is 2.95 bits per heavy atom. The van der Waals surface area contributed by atoms with Gasteiger partial charge in [-0.1, -0.05) is 23.7 Å². The van der Waals surface area contributed by atoms with Crippen LogP contribution < -0.4 is 0 Å². The van der Waals surface area contributed by atoms with Gasteiger partial charge in [0.15, 0.2) is 5.82 Å². The van der Waals surface area contributed by atoms with E-state index in [2.05, 4.69) is 10.1 Å². The molecular formula is C12H11ClN2O3S. The summed E-state index contributed by atoms with van der Waals surface area (Å²) >= 11 is 7.23. The van der Waals surface area contributed by atoms with E-state index < -0.39 is 5.97 Å². The fourth-order valence-corrected chi connectivity index (χ4v) is 2.38. The topological polar surface area (TPSA) is 76.2 Å². The number of carboxylic acids is 1. The first-order chi connectivity index (χ1) is 9.10. The molecule has 7 heteroatoms. The summed E-state index contributed by atoms with van der Waals surface area (Å²) in [6, 6.07) is 4.87. The Hall–Kier alpha value is -1.53. The molecule has 0 aliphatic carbocycles. The van der Waals surface area contributed by atoms with Gasteiger partial charge in [0.1, 0.15) is 0 Å². The lowest BCUT2D eigenvalue weighted by Gasteiger charge is -2.02. The number of hydrogen-bond acceptors (Lipinski definition) is 5. The van der Waals surface area contributed by atoms with Crippen molar-refractivity contribution in [1.29, 1.82) is 0 Å². The van der Waals surface area contributed by atoms with E-state index in [1.54, 1.807) is 12.1 Å². The lowest BCUT2D eigenvalue weighted by Crippen LogP contribution is -1.97. The van der Waals surface area contributed by atoms with Crippen molar-refractivity contribution in [3.63, 3.8) is 0 Å². The van der Waals surface area contributed by atoms with Gasteiger partial charge in [0.25, 0.3) is 0 Å². The Labute approximate surface area is 119 Å². The van der Waals surface area contributed by atoms with E-state index in [-0.39, 0.29) is 10.6 Å². The molecule has 0 saturated carbocycles. The zero-order valence-corrected chi connectivity index (χ0v) is 11.7. The van der Waals surface area contributed by atoms with Crippen molar-refractivity contribution >= 4 is 29.3 Å². The van der Waals surface area contributed by atoms with Crippen LogP contribution >= 0.6 is 23.4 Å². The molecule has 1 aromatic heterocycles. The SMILES string of the molecule is CCc1nc(CSc2ccc(Cl)c(C(=O)O)c2)no1. The van der Waals surface area contributed by atoms with Crippen LogP contribution in [-0.2, 0) is 12.2 Å². The van der Waals surface area contributed by atoms with Crippen molar-refractivity contribution in [3.8, 4) is 0 Å². The third-order valence-electron chi connectivity index (χ3n) is 2.35. The second-order valence-electron chi connectivity index (χ2n) is 3.69. The Kier molecular flexibility index (Phi) is 4.44. The smallest absolute Gasteiger partial charge is 0.337 e. The highest BCUT2D eigenvalue weighted by Gasteiger charge is 2.11. The summed E-state index contributed by atoms with van der Waals surface area (Å²) in [5, 5.41) is 13.0. The molecule has 0 aliphatic heterocycles. The van der Waals surface area contributed by atoms with Gasteiger partial charge in [-0.3, -0.25) is 0 Å². The van der Waals surface area contributed by atoms with Crippen molar-refractivity contribution in [3.05, 3.63) is 40.5 Å². The van der Waals surface area contributed by atoms with E-state index >= 15 is 0 Å². The van der Waals surface area contributed by atoms with Gasteiger partial charge in [-0.2, -0.15) is 4.98 Å². The molecule has 0 unspecified atom stereocenters. The van der Waals surface area contributed by atoms with Crippen LogP contribution in [0.2, 0.25) is 5.02 Å². The highest BCUT2D eigenvalue weighted by Crippen LogP contribution is 2.26. The maximum Gasteiger partial charge on any atom is 0.337 e. The standard InChI is InChI=1S/C12H11ClN2O3S/c1-2-11-14-10(15-18-11)6-19-7-3-4-9(13)8(5-7)12(16)17/h3-5H,2,6H2,1H3,(H,16,17). The minimum atomic E-state index is -1.04. The molecule has 0 bridgehead atoms. The second-order valence-corrected chi connectivity index (χ2v) is 5.15. The first-order valence-electron chi connectivity index (χ1n) is 5.57. The summed E-state index contributed by atoms with van der Waals surface area (Å²) in [6.07, 6.45) is 0.696. The number of aromatic nitrogens is 2. The van der Waals surface area contributed by atoms with Crippen LogP contribution in [0.4, 0.5) is 0 Å². The van der Waals surface area contributed by atoms with E-state index in [9.17, 15) is 4.79 Å². The third-order valence-corrected chi connectivity index (χ3v) is 3.67. The molecule has 1 N–H and O–H groups in total. The predicted octanol–water partition coefficient (Wildman–Crippen LogP) is 3.28. The number of nitrogens with zero attached hydrogens (tertiary/aromatic N) is 2. The van der Waals surface area contributed by atoms with E-state index in [0.717, 1.165) is 4.90 Å². The van der Waals surface area contributed by atoms with E-state index in [4.69, 9.17) is 21.2 Å². The molecule has 0 fully saturated rings. The van der Waals surface area contributed by atoms with Crippen LogP contribution in [0.3, 0.4) is 0 Å². The Morgan fingerprint density at radius 1 is 1.53 bits per heavy atom. The van der Waals surface area contributed by atoms with Crippen LogP contribution in [0, 0.1) is 0 Å². The third kappa shape index (κ3) is 3.48. The maximum atomic E-state index is 11.0. The molecule has 1 heterocycles. The minimum absolute atomic E-state index is 0.0917. The predicted molar refractivity (Wildman–Crippen MR) is 71.6 cm³/mol. The van der Waals surface area contributed by atoms with Gasteiger partial charge < -0.3 is 9.63 Å². The molecule has 19 heavy (non-hydrogen) atoms. The largest absolute Gasteiger partial charge is 0.478 e. The molecule has 2 rings (SSSR count). The Morgan fingerprint density at radius 2 is 2.32 bits per heavy atom. The van der Waals surface area contributed by atoms with Crippen LogP contribution in [0.25, 0.3) is 0 Å². The van der Waals surface area contributed by atoms with Gasteiger partial charge in [-0.05, 0) is 18.2 Å². The van der Waals surface area contributed by atoms with Crippen LogP contribution in [0.15, 0.2) is 27.6 Å². The number of halogens is 1. The van der Waals surface area contributed by atoms with Crippen molar-refractivity contribution in [1.82, 2.24) is 10.1 Å². The number of carboxylic acid groups (broad SMARTS) is 1. The lowest BCUT2D eigenvalue weighted by molar-refractivity contribution is 0.0697. The molecule has 5 nitrogen and oxygen atoms in total. The summed E-state index contributed by atoms with van der Waals surface area (Å²) in [6.45, 7) is 1.93. The summed E-state index contributed by atoms with van der Waals surface area (Å²) < 4.78 is 4.99. The number of carbonyl (C=O) groups is 1. The van der Waals surface area contributed by atoms with Crippen molar-refractivity contribution in [2.24, 2.45) is 0 Å². The maximum absolute atomic E-state index is 11.0. The Balaban J connectivity index is 2.07. The van der Waals surface area contributed by atoms with E-state index in [1.165, 1.54) is 17.8 Å². The number of aryl methyl sites for hydroxylation is 1. The van der Waals surface area contributed by atoms with Gasteiger partial charge in [0.05, 0.1) is 16.3 Å². The first kappa shape index (κ1) is 13.9. The highest BCUT2D eigenvalue weighted by molar-refractivity contribution is 7.98. The Bertz CT molecular complexity index is 600. The van der Waals surface area contributed by atoms with Gasteiger partial charge >= 0.3 is 5.97 Å². The van der Waals surface area contributed by atoms with Gasteiger partial charge in [0.2, 0.25) is 5.89 Å². The number of thioether (sulfide) groups is 1. The van der Waals surface area contributed by atoms with Gasteiger partial charge in [-0.25, -0.2) is 4.79 Å². The summed E-state index contributed by atoms with van der Waals surface area (Å²) in [5.41, 5.74) is 0.0917. The quantitative estimate of drug-likeness (QED) is 0.854. The monoisotopic (exact) mass is 298 g/mol. The normalized spacial score (nSPS) is 10.6. The molecule has 100 valence electrons. The van der Waals surface area contributed by atoms with Crippen LogP contribution in [0.1, 0.15) is 29.0 Å². The fourth-order valence-electron chi connectivity index (χ4n) is 1.40. The molecule has 2 aromatic rings. The van der Waals surface area contributed by atoms with E-state index in [1.807, 2.05) is 6.92 Å². The van der Waals surface area contributed by atoms with E-state index in [0.29, 0.717) is 23.9 Å². The first-order valence-corrected chi connectivity index (χ1v) is 6.93. The van der Waals surface area contributed by atoms with Crippen molar-refractivity contribution in [2.45, 2.75) is 24.0 Å². The zero-order chi connectivity index (χ0) is 13.8. The minimum Gasteiger partial charge on any atom is -0.478 e. The number of rotatable bonds is 5. The number of aromatic carboxylic acids is 1. The fraction of sp³-hybridized carbons (Fsp3) is 0.250. The number of hydrogen-bond donors (Lipinski definition) is 1. The molecule has 0 atom stereocenters. The average Bonchev–Trinajstić information content (AvgIpc) is 2.85. The van der Waals surface area contributed by atoms with Crippen LogP contribution in [-0.4, -0.2) is 21.2 Å². The lowest BCUT2D eigenvalue weighted by atomic mass is 10.2. The van der Waals surface area contributed by atoms with Crippen LogP contribution in [0.5, 0.6) is 0 Å². The molecule has 1 aromatic carbocycles. The summed E-state index contributed by atoms with van der Waals surface area (Å²) in [7, 11) is 0. The molecule has 0 radical (unpaired) electrons. The molecule has 0 saturated heterocycles. The van der Waals surface area contributed by atoms with Crippen molar-refractivity contribution in [2.75, 3.05) is 0 Å². The average molecular weight is 299 g/mol. The second kappa shape index (κ2) is 6.08. The van der Waals surface area contributed by atoms with Gasteiger partial charge in [0, 0.05) is 11.3 Å². The molecular weight excluding hydrogens is 288 g/mol. The molecule has 0 spiro atoms. The molecule has 0 amide bonds. The van der Waals surface area contributed by atoms with Crippen molar-refractivity contribution < 1.29 is 14.4 Å². The summed E-state index contributed by atoms with van der Waals surface area (Å²) in [4.78, 5) is 15.9. The number of benzene rings is 1.